The fourth-order valence-electron chi connectivity index (χ4n) is 1.48. The maximum absolute atomic E-state index is 9.67. The van der Waals surface area contributed by atoms with E-state index in [-0.39, 0.29) is 41.1 Å². The first-order valence-corrected chi connectivity index (χ1v) is 8.80. The van der Waals surface area contributed by atoms with E-state index < -0.39 is 15.6 Å². The topological polar surface area (TPSA) is 196 Å². The van der Waals surface area contributed by atoms with Crippen LogP contribution < -0.4 is 0 Å². The number of aromatic hydroxyl groups is 2. The molecule has 0 heterocycles. The van der Waals surface area contributed by atoms with Crippen LogP contribution in [-0.4, -0.2) is 69.1 Å². The van der Waals surface area contributed by atoms with Gasteiger partial charge in [-0.15, -0.1) is 0 Å². The van der Waals surface area contributed by atoms with Gasteiger partial charge in [0.1, 0.15) is 11.5 Å². The Hall–Kier alpha value is -0.480. The van der Waals surface area contributed by atoms with E-state index in [1.54, 1.807) is 25.1 Å². The van der Waals surface area contributed by atoms with Crippen LogP contribution in [0.5, 0.6) is 11.5 Å². The Morgan fingerprint density at radius 3 is 1.50 bits per heavy atom. The second-order valence-electron chi connectivity index (χ2n) is 4.13. The fraction of sp³-hybridized carbons (Fsp3) is 0.0909. The van der Waals surface area contributed by atoms with Crippen molar-refractivity contribution in [3.63, 3.8) is 0 Å². The Morgan fingerprint density at radius 1 is 0.792 bits per heavy atom. The van der Waals surface area contributed by atoms with Gasteiger partial charge in [-0.2, -0.15) is 0 Å². The van der Waals surface area contributed by atoms with E-state index in [9.17, 15) is 10.2 Å². The van der Waals surface area contributed by atoms with Gasteiger partial charge in [0, 0.05) is 10.8 Å². The number of aryl methyl sites for hydroxylation is 1. The summed E-state index contributed by atoms with van der Waals surface area (Å²) in [4.78, 5) is 43.1. The Labute approximate surface area is 158 Å². The molecule has 2 rings (SSSR count). The molecule has 10 nitrogen and oxygen atoms in total. The monoisotopic (exact) mass is 394 g/mol. The van der Waals surface area contributed by atoms with Gasteiger partial charge in [-0.05, 0) is 18.6 Å². The van der Waals surface area contributed by atoms with E-state index in [0.29, 0.717) is 16.3 Å². The second kappa shape index (κ2) is 10.5. The number of phosphoric acid groups is 2. The molecule has 2 aromatic carbocycles. The molecule has 24 heavy (non-hydrogen) atoms. The van der Waals surface area contributed by atoms with Crippen LogP contribution in [0.3, 0.4) is 0 Å². The molecule has 0 spiro atoms. The van der Waals surface area contributed by atoms with Crippen LogP contribution in [0.1, 0.15) is 5.56 Å². The van der Waals surface area contributed by atoms with Gasteiger partial charge >= 0.3 is 45.2 Å². The van der Waals surface area contributed by atoms with Crippen LogP contribution in [-0.2, 0) is 9.13 Å². The molecule has 0 unspecified atom stereocenters. The Kier molecular flexibility index (Phi) is 11.3. The quantitative estimate of drug-likeness (QED) is 0.172. The van der Waals surface area contributed by atoms with Crippen LogP contribution in [0, 0.1) is 6.92 Å². The zero-order valence-corrected chi connectivity index (χ0v) is 13.5. The van der Waals surface area contributed by atoms with Crippen LogP contribution in [0.2, 0.25) is 0 Å². The predicted molar refractivity (Wildman–Crippen MR) is 87.7 cm³/mol. The summed E-state index contributed by atoms with van der Waals surface area (Å²) in [6.07, 6.45) is 0. The van der Waals surface area contributed by atoms with E-state index in [1.807, 2.05) is 12.1 Å². The molecule has 0 bridgehead atoms. The van der Waals surface area contributed by atoms with E-state index in [4.69, 9.17) is 38.5 Å². The van der Waals surface area contributed by atoms with Crippen LogP contribution in [0.25, 0.3) is 10.8 Å². The molecule has 132 valence electrons. The summed E-state index contributed by atoms with van der Waals surface area (Å²) in [5.74, 6) is 0.458. The molecule has 0 saturated heterocycles. The van der Waals surface area contributed by atoms with Gasteiger partial charge in [0.25, 0.3) is 0 Å². The third kappa shape index (κ3) is 12.9. The number of hydrogen-bond acceptors (Lipinski definition) is 4. The zero-order valence-electron chi connectivity index (χ0n) is 11.7. The van der Waals surface area contributed by atoms with E-state index in [0.717, 1.165) is 0 Å². The van der Waals surface area contributed by atoms with Crippen molar-refractivity contribution < 1.29 is 48.7 Å². The van der Waals surface area contributed by atoms with Crippen LogP contribution in [0.4, 0.5) is 0 Å². The van der Waals surface area contributed by atoms with Gasteiger partial charge < -0.3 is 39.6 Å². The molecular formula is C11H17NaO10P2. The molecule has 0 atom stereocenters. The van der Waals surface area contributed by atoms with Crippen molar-refractivity contribution in [2.24, 2.45) is 0 Å². The Morgan fingerprint density at radius 2 is 1.12 bits per heavy atom. The van der Waals surface area contributed by atoms with E-state index in [1.165, 1.54) is 0 Å². The van der Waals surface area contributed by atoms with Crippen molar-refractivity contribution in [3.8, 4) is 11.5 Å². The van der Waals surface area contributed by atoms with Gasteiger partial charge in [-0.25, -0.2) is 9.13 Å². The van der Waals surface area contributed by atoms with Gasteiger partial charge in [0.2, 0.25) is 0 Å². The molecular weight excluding hydrogens is 377 g/mol. The third-order valence-electron chi connectivity index (χ3n) is 2.18. The molecule has 0 aliphatic rings. The Bertz CT molecular complexity index is 717. The summed E-state index contributed by atoms with van der Waals surface area (Å²) in [6, 6.07) is 8.80. The van der Waals surface area contributed by atoms with Crippen molar-refractivity contribution in [2.45, 2.75) is 6.92 Å². The molecule has 0 aliphatic heterocycles. The number of benzene rings is 2. The minimum atomic E-state index is -4.64. The molecule has 0 saturated carbocycles. The van der Waals surface area contributed by atoms with Crippen molar-refractivity contribution in [2.75, 3.05) is 0 Å². The summed E-state index contributed by atoms with van der Waals surface area (Å²) in [7, 11) is -9.28. The van der Waals surface area contributed by atoms with Crippen molar-refractivity contribution >= 4 is 56.0 Å². The summed E-state index contributed by atoms with van der Waals surface area (Å²) in [5.41, 5.74) is 0.691. The first-order chi connectivity index (χ1) is 10.2. The molecule has 8 N–H and O–H groups in total. The first-order valence-electron chi connectivity index (χ1n) is 5.67. The molecule has 0 radical (unpaired) electrons. The maximum atomic E-state index is 9.67. The molecule has 0 amide bonds. The van der Waals surface area contributed by atoms with E-state index in [2.05, 4.69) is 0 Å². The Balaban J connectivity index is 0. The number of phenolic OH excluding ortho intramolecular Hbond substituents is 2. The molecule has 13 heteroatoms. The summed E-state index contributed by atoms with van der Waals surface area (Å²) in [6.45, 7) is 1.77. The SMILES string of the molecule is Cc1cc(O)c2ccccc2c1O.O=P(O)(O)O.O=P(O)(O)O.[NaH]. The minimum absolute atomic E-state index is 0. The van der Waals surface area contributed by atoms with Gasteiger partial charge in [-0.1, -0.05) is 24.3 Å². The van der Waals surface area contributed by atoms with Gasteiger partial charge in [-0.3, -0.25) is 0 Å². The molecule has 0 fully saturated rings. The fourth-order valence-corrected chi connectivity index (χ4v) is 1.48. The zero-order chi connectivity index (χ0) is 18.4. The number of fused-ring (bicyclic) bond motifs is 1. The average molecular weight is 394 g/mol. The van der Waals surface area contributed by atoms with E-state index >= 15 is 0 Å². The molecule has 0 aliphatic carbocycles. The second-order valence-corrected chi connectivity index (χ2v) is 6.19. The molecule has 2 aromatic rings. The van der Waals surface area contributed by atoms with Gasteiger partial charge in [0.05, 0.1) is 0 Å². The van der Waals surface area contributed by atoms with Crippen molar-refractivity contribution in [1.82, 2.24) is 0 Å². The van der Waals surface area contributed by atoms with Crippen LogP contribution >= 0.6 is 15.6 Å². The number of rotatable bonds is 0. The van der Waals surface area contributed by atoms with Gasteiger partial charge in [0.15, 0.2) is 0 Å². The molecule has 0 aromatic heterocycles. The third-order valence-corrected chi connectivity index (χ3v) is 2.18. The first kappa shape index (κ1) is 25.8. The van der Waals surface area contributed by atoms with Crippen LogP contribution in [0.15, 0.2) is 30.3 Å². The number of hydrogen-bond donors (Lipinski definition) is 8. The predicted octanol–water partition coefficient (Wildman–Crippen LogP) is 0.0537. The number of phenols is 2. The average Bonchev–Trinajstić information content (AvgIpc) is 2.32. The summed E-state index contributed by atoms with van der Waals surface area (Å²) >= 11 is 0. The summed E-state index contributed by atoms with van der Waals surface area (Å²) < 4.78 is 17.8. The summed E-state index contributed by atoms with van der Waals surface area (Å²) in [5, 5.41) is 20.6. The normalized spacial score (nSPS) is 10.6. The van der Waals surface area contributed by atoms with Crippen molar-refractivity contribution in [3.05, 3.63) is 35.9 Å². The standard InChI is InChI=1S/C11H10O2.Na.2H3O4P.H/c1-7-6-10(12)8-4-2-3-5-9(8)11(7)13;;2*1-5(2,3)4;/h2-6,12-13H,1H3;;2*(H3,1,2,3,4);. The van der Waals surface area contributed by atoms with Crippen molar-refractivity contribution in [1.29, 1.82) is 0 Å².